The molecule has 108 valence electrons. The molecule has 0 aromatic carbocycles. The van der Waals surface area contributed by atoms with Gasteiger partial charge < -0.3 is 9.80 Å². The molecule has 0 radical (unpaired) electrons. The molecule has 0 aliphatic carbocycles. The van der Waals surface area contributed by atoms with Crippen LogP contribution in [0.5, 0.6) is 0 Å². The van der Waals surface area contributed by atoms with Crippen molar-refractivity contribution in [2.45, 2.75) is 27.7 Å². The number of carbonyl (C=O) groups excluding carboxylic acids is 2. The number of nitrogens with zero attached hydrogens (tertiary/aromatic N) is 2. The highest BCUT2D eigenvalue weighted by Crippen LogP contribution is 2.29. The molecular weight excluding hydrogens is 260 g/mol. The summed E-state index contributed by atoms with van der Waals surface area (Å²) in [4.78, 5) is 28.6. The van der Waals surface area contributed by atoms with Gasteiger partial charge in [0.25, 0.3) is 0 Å². The van der Waals surface area contributed by atoms with Crippen molar-refractivity contribution in [3.8, 4) is 0 Å². The molecule has 2 aliphatic heterocycles. The van der Waals surface area contributed by atoms with Crippen molar-refractivity contribution in [3.05, 3.63) is 0 Å². The molecule has 2 aliphatic rings. The smallest absolute Gasteiger partial charge is 0.229 e. The number of hydrogen-bond acceptors (Lipinski definition) is 3. The van der Waals surface area contributed by atoms with Crippen LogP contribution in [0.3, 0.4) is 0 Å². The van der Waals surface area contributed by atoms with Crippen molar-refractivity contribution in [3.63, 3.8) is 0 Å². The molecule has 0 spiro atoms. The van der Waals surface area contributed by atoms with Gasteiger partial charge in [-0.3, -0.25) is 9.59 Å². The first-order chi connectivity index (χ1) is 8.80. The van der Waals surface area contributed by atoms with E-state index in [1.165, 1.54) is 0 Å². The second-order valence-corrected chi connectivity index (χ2v) is 7.79. The third-order valence-electron chi connectivity index (χ3n) is 3.97. The number of rotatable bonds is 0. The Labute approximate surface area is 119 Å². The standard InChI is InChI=1S/C14H24N2O2S/c1-10-11-7-16(13(18)14(2,3)4)9-15(12(10)17)5-6-19-8-11/h10-11H,5-9H2,1-4H3. The minimum absolute atomic E-state index is 0.0329. The van der Waals surface area contributed by atoms with Crippen LogP contribution in [0.1, 0.15) is 27.7 Å². The molecule has 0 saturated carbocycles. The number of hydrogen-bond donors (Lipinski definition) is 0. The molecule has 2 fully saturated rings. The molecule has 2 unspecified atom stereocenters. The maximum absolute atomic E-state index is 12.5. The summed E-state index contributed by atoms with van der Waals surface area (Å²) in [6, 6.07) is 0. The number of thioether (sulfide) groups is 1. The van der Waals surface area contributed by atoms with Crippen LogP contribution in [-0.4, -0.2) is 52.9 Å². The average Bonchev–Trinajstić information content (AvgIpc) is 2.43. The van der Waals surface area contributed by atoms with Crippen LogP contribution in [0.15, 0.2) is 0 Å². The third-order valence-corrected chi connectivity index (χ3v) is 5.11. The van der Waals surface area contributed by atoms with Crippen molar-refractivity contribution in [1.82, 2.24) is 9.80 Å². The highest BCUT2D eigenvalue weighted by molar-refractivity contribution is 7.99. The van der Waals surface area contributed by atoms with Crippen molar-refractivity contribution in [2.75, 3.05) is 31.3 Å². The van der Waals surface area contributed by atoms with Crippen LogP contribution >= 0.6 is 11.8 Å². The summed E-state index contributed by atoms with van der Waals surface area (Å²) >= 11 is 1.90. The molecule has 5 heteroatoms. The van der Waals surface area contributed by atoms with Crippen LogP contribution in [0.2, 0.25) is 0 Å². The summed E-state index contributed by atoms with van der Waals surface area (Å²) in [7, 11) is 0. The minimum atomic E-state index is -0.381. The molecule has 2 heterocycles. The van der Waals surface area contributed by atoms with E-state index in [1.807, 2.05) is 49.3 Å². The minimum Gasteiger partial charge on any atom is -0.324 e. The predicted molar refractivity (Wildman–Crippen MR) is 77.7 cm³/mol. The zero-order chi connectivity index (χ0) is 14.2. The van der Waals surface area contributed by atoms with Gasteiger partial charge in [0.2, 0.25) is 11.8 Å². The fraction of sp³-hybridized carbons (Fsp3) is 0.857. The Morgan fingerprint density at radius 1 is 1.37 bits per heavy atom. The second kappa shape index (κ2) is 5.35. The van der Waals surface area contributed by atoms with Gasteiger partial charge in [0.1, 0.15) is 0 Å². The summed E-state index contributed by atoms with van der Waals surface area (Å²) < 4.78 is 0. The van der Waals surface area contributed by atoms with Crippen molar-refractivity contribution < 1.29 is 9.59 Å². The van der Waals surface area contributed by atoms with Gasteiger partial charge in [-0.05, 0) is 11.7 Å². The summed E-state index contributed by atoms with van der Waals surface area (Å²) in [6.45, 7) is 9.78. The summed E-state index contributed by atoms with van der Waals surface area (Å²) in [5.41, 5.74) is -0.381. The molecule has 2 amide bonds. The van der Waals surface area contributed by atoms with Crippen LogP contribution in [0.25, 0.3) is 0 Å². The third kappa shape index (κ3) is 3.07. The molecule has 0 aromatic rings. The number of amides is 2. The molecule has 2 bridgehead atoms. The lowest BCUT2D eigenvalue weighted by atomic mass is 9.92. The lowest BCUT2D eigenvalue weighted by molar-refractivity contribution is -0.143. The Morgan fingerprint density at radius 2 is 2.05 bits per heavy atom. The lowest BCUT2D eigenvalue weighted by Crippen LogP contribution is -2.46. The second-order valence-electron chi connectivity index (χ2n) is 6.64. The quantitative estimate of drug-likeness (QED) is 0.679. The van der Waals surface area contributed by atoms with Gasteiger partial charge in [-0.2, -0.15) is 11.8 Å². The zero-order valence-electron chi connectivity index (χ0n) is 12.3. The van der Waals surface area contributed by atoms with Gasteiger partial charge in [-0.1, -0.05) is 27.7 Å². The Morgan fingerprint density at radius 3 is 2.68 bits per heavy atom. The van der Waals surface area contributed by atoms with E-state index in [0.29, 0.717) is 13.2 Å². The topological polar surface area (TPSA) is 40.6 Å². The molecule has 2 atom stereocenters. The first-order valence-corrected chi connectivity index (χ1v) is 8.12. The fourth-order valence-electron chi connectivity index (χ4n) is 2.67. The van der Waals surface area contributed by atoms with Gasteiger partial charge in [-0.25, -0.2) is 0 Å². The first kappa shape index (κ1) is 14.7. The van der Waals surface area contributed by atoms with E-state index in [9.17, 15) is 9.59 Å². The van der Waals surface area contributed by atoms with Crippen molar-refractivity contribution >= 4 is 23.6 Å². The Bertz CT molecular complexity index is 378. The van der Waals surface area contributed by atoms with Gasteiger partial charge in [-0.15, -0.1) is 0 Å². The van der Waals surface area contributed by atoms with Crippen LogP contribution < -0.4 is 0 Å². The molecule has 4 nitrogen and oxygen atoms in total. The highest BCUT2D eigenvalue weighted by Gasteiger charge is 2.39. The Hall–Kier alpha value is -0.710. The molecular formula is C14H24N2O2S. The molecule has 0 aromatic heterocycles. The van der Waals surface area contributed by atoms with Gasteiger partial charge >= 0.3 is 0 Å². The monoisotopic (exact) mass is 284 g/mol. The average molecular weight is 284 g/mol. The van der Waals surface area contributed by atoms with Crippen LogP contribution in [0.4, 0.5) is 0 Å². The van der Waals surface area contributed by atoms with Crippen LogP contribution in [0, 0.1) is 17.3 Å². The van der Waals surface area contributed by atoms with Crippen molar-refractivity contribution in [2.24, 2.45) is 17.3 Å². The molecule has 2 saturated heterocycles. The van der Waals surface area contributed by atoms with Crippen molar-refractivity contribution in [1.29, 1.82) is 0 Å². The van der Waals surface area contributed by atoms with Crippen LogP contribution in [-0.2, 0) is 9.59 Å². The molecule has 2 rings (SSSR count). The number of carbonyl (C=O) groups is 2. The largest absolute Gasteiger partial charge is 0.324 e. The van der Waals surface area contributed by atoms with E-state index in [-0.39, 0.29) is 29.1 Å². The van der Waals surface area contributed by atoms with E-state index in [2.05, 4.69) is 0 Å². The normalized spacial score (nSPS) is 28.9. The van der Waals surface area contributed by atoms with Gasteiger partial charge in [0, 0.05) is 30.2 Å². The predicted octanol–water partition coefficient (Wildman–Crippen LogP) is 1.66. The van der Waals surface area contributed by atoms with Gasteiger partial charge in [0.15, 0.2) is 0 Å². The maximum Gasteiger partial charge on any atom is 0.229 e. The summed E-state index contributed by atoms with van der Waals surface area (Å²) in [6.07, 6.45) is 0. The Kier molecular flexibility index (Phi) is 4.14. The van der Waals surface area contributed by atoms with E-state index < -0.39 is 0 Å². The van der Waals surface area contributed by atoms with Gasteiger partial charge in [0.05, 0.1) is 6.67 Å². The van der Waals surface area contributed by atoms with E-state index >= 15 is 0 Å². The molecule has 0 N–H and O–H groups in total. The first-order valence-electron chi connectivity index (χ1n) is 6.96. The zero-order valence-corrected chi connectivity index (χ0v) is 13.1. The maximum atomic E-state index is 12.5. The van der Waals surface area contributed by atoms with E-state index in [0.717, 1.165) is 18.1 Å². The fourth-order valence-corrected chi connectivity index (χ4v) is 3.89. The molecule has 19 heavy (non-hydrogen) atoms. The van der Waals surface area contributed by atoms with E-state index in [4.69, 9.17) is 0 Å². The Balaban J connectivity index is 2.25. The summed E-state index contributed by atoms with van der Waals surface area (Å²) in [5, 5.41) is 0. The lowest BCUT2D eigenvalue weighted by Gasteiger charge is -2.32. The van der Waals surface area contributed by atoms with E-state index in [1.54, 1.807) is 0 Å². The SMILES string of the molecule is CC1C(=O)N2CCSCC1CN(C(=O)C(C)(C)C)C2. The number of fused-ring (bicyclic) bond motifs is 3. The summed E-state index contributed by atoms with van der Waals surface area (Å²) in [5.74, 6) is 2.65. The highest BCUT2D eigenvalue weighted by atomic mass is 32.2.